The Morgan fingerprint density at radius 3 is 2.37 bits per heavy atom. The molecule has 0 aliphatic carbocycles. The molecule has 154 valence electrons. The number of carbonyl (C=O) groups is 1. The minimum atomic E-state index is -0.957. The maximum Gasteiger partial charge on any atom is 0.338 e. The van der Waals surface area contributed by atoms with Gasteiger partial charge in [-0.3, -0.25) is 0 Å². The van der Waals surface area contributed by atoms with Gasteiger partial charge < -0.3 is 19.9 Å². The average molecular weight is 445 g/mol. The molecule has 8 heteroatoms. The lowest BCUT2D eigenvalue weighted by molar-refractivity contribution is -0.138. The van der Waals surface area contributed by atoms with Gasteiger partial charge in [0.05, 0.1) is 25.2 Å². The predicted molar refractivity (Wildman–Crippen MR) is 114 cm³/mol. The van der Waals surface area contributed by atoms with Crippen molar-refractivity contribution in [3.63, 3.8) is 0 Å². The molecule has 0 bridgehead atoms. The zero-order chi connectivity index (χ0) is 21.8. The molecule has 0 fully saturated rings. The van der Waals surface area contributed by atoms with Crippen molar-refractivity contribution in [3.8, 4) is 11.8 Å². The van der Waals surface area contributed by atoms with Crippen LogP contribution in [0, 0.1) is 11.3 Å². The van der Waals surface area contributed by atoms with Crippen LogP contribution in [0.2, 0.25) is 10.0 Å². The van der Waals surface area contributed by atoms with Crippen LogP contribution in [-0.4, -0.2) is 19.7 Å². The number of carbonyl (C=O) groups excluding carboxylic acids is 1. The maximum atomic E-state index is 13.0. The third kappa shape index (κ3) is 3.95. The standard InChI is InChI=1S/C22H18Cl2N2O4/c1-3-29-22(27)19-17(18-15(23)5-4-6-16(18)24)14(11-25)21(26)30-20(19)12-7-9-13(28-2)10-8-12/h4-10,17H,3,26H2,1-2H3. The minimum Gasteiger partial charge on any atom is -0.497 e. The number of halogens is 2. The summed E-state index contributed by atoms with van der Waals surface area (Å²) in [6.07, 6.45) is 0. The first-order valence-corrected chi connectivity index (χ1v) is 9.75. The smallest absolute Gasteiger partial charge is 0.338 e. The summed E-state index contributed by atoms with van der Waals surface area (Å²) in [5, 5.41) is 10.4. The minimum absolute atomic E-state index is 0.0188. The number of nitrogens with zero attached hydrogens (tertiary/aromatic N) is 1. The van der Waals surface area contributed by atoms with Gasteiger partial charge in [0.15, 0.2) is 0 Å². The Kier molecular flexibility index (Phi) is 6.56. The molecule has 1 atom stereocenters. The number of allylic oxidation sites excluding steroid dienone is 1. The first-order chi connectivity index (χ1) is 14.4. The van der Waals surface area contributed by atoms with E-state index in [0.717, 1.165) is 0 Å². The van der Waals surface area contributed by atoms with E-state index in [2.05, 4.69) is 0 Å². The van der Waals surface area contributed by atoms with E-state index in [-0.39, 0.29) is 39.4 Å². The van der Waals surface area contributed by atoms with Crippen molar-refractivity contribution >= 4 is 34.9 Å². The molecule has 1 aliphatic heterocycles. The van der Waals surface area contributed by atoms with Crippen molar-refractivity contribution < 1.29 is 19.0 Å². The summed E-state index contributed by atoms with van der Waals surface area (Å²) in [7, 11) is 1.55. The highest BCUT2D eigenvalue weighted by Crippen LogP contribution is 2.47. The number of benzene rings is 2. The number of ether oxygens (including phenoxy) is 3. The van der Waals surface area contributed by atoms with Crippen molar-refractivity contribution in [2.45, 2.75) is 12.8 Å². The molecular formula is C22H18Cl2N2O4. The highest BCUT2D eigenvalue weighted by molar-refractivity contribution is 6.36. The highest BCUT2D eigenvalue weighted by Gasteiger charge is 2.40. The van der Waals surface area contributed by atoms with Gasteiger partial charge >= 0.3 is 5.97 Å². The van der Waals surface area contributed by atoms with Crippen LogP contribution < -0.4 is 10.5 Å². The summed E-state index contributed by atoms with van der Waals surface area (Å²) in [6.45, 7) is 1.81. The molecule has 1 unspecified atom stereocenters. The second-order valence-corrected chi connectivity index (χ2v) is 7.07. The van der Waals surface area contributed by atoms with Gasteiger partial charge in [-0.15, -0.1) is 0 Å². The third-order valence-electron chi connectivity index (χ3n) is 4.56. The van der Waals surface area contributed by atoms with Crippen molar-refractivity contribution in [2.75, 3.05) is 13.7 Å². The Hall–Kier alpha value is -3.14. The second kappa shape index (κ2) is 9.12. The fraction of sp³-hybridized carbons (Fsp3) is 0.182. The normalized spacial score (nSPS) is 16.0. The predicted octanol–water partition coefficient (Wildman–Crippen LogP) is 4.78. The zero-order valence-corrected chi connectivity index (χ0v) is 17.8. The lowest BCUT2D eigenvalue weighted by atomic mass is 9.82. The van der Waals surface area contributed by atoms with Gasteiger partial charge in [-0.05, 0) is 43.3 Å². The van der Waals surface area contributed by atoms with E-state index in [1.807, 2.05) is 6.07 Å². The average Bonchev–Trinajstić information content (AvgIpc) is 2.73. The van der Waals surface area contributed by atoms with Gasteiger partial charge in [-0.2, -0.15) is 5.26 Å². The molecule has 3 rings (SSSR count). The van der Waals surface area contributed by atoms with Gasteiger partial charge in [-0.25, -0.2) is 4.79 Å². The van der Waals surface area contributed by atoms with Gasteiger partial charge in [-0.1, -0.05) is 29.3 Å². The highest BCUT2D eigenvalue weighted by atomic mass is 35.5. The first kappa shape index (κ1) is 21.6. The van der Waals surface area contributed by atoms with Crippen LogP contribution in [0.15, 0.2) is 59.5 Å². The van der Waals surface area contributed by atoms with E-state index < -0.39 is 11.9 Å². The van der Waals surface area contributed by atoms with Crippen LogP contribution in [0.4, 0.5) is 0 Å². The second-order valence-electron chi connectivity index (χ2n) is 6.25. The number of hydrogen-bond acceptors (Lipinski definition) is 6. The van der Waals surface area contributed by atoms with E-state index in [9.17, 15) is 10.1 Å². The van der Waals surface area contributed by atoms with Gasteiger partial charge in [0.1, 0.15) is 23.2 Å². The summed E-state index contributed by atoms with van der Waals surface area (Å²) in [5.41, 5.74) is 7.10. The zero-order valence-electron chi connectivity index (χ0n) is 16.2. The topological polar surface area (TPSA) is 94.6 Å². The lowest BCUT2D eigenvalue weighted by Crippen LogP contribution is -2.26. The number of esters is 1. The Morgan fingerprint density at radius 1 is 1.20 bits per heavy atom. The molecule has 2 aromatic rings. The summed E-state index contributed by atoms with van der Waals surface area (Å²) >= 11 is 12.8. The summed E-state index contributed by atoms with van der Waals surface area (Å²) in [5.74, 6) is -0.976. The van der Waals surface area contributed by atoms with Crippen LogP contribution in [0.25, 0.3) is 5.76 Å². The molecule has 30 heavy (non-hydrogen) atoms. The number of nitriles is 1. The molecule has 1 aliphatic rings. The number of hydrogen-bond donors (Lipinski definition) is 1. The van der Waals surface area contributed by atoms with Crippen molar-refractivity contribution in [1.82, 2.24) is 0 Å². The van der Waals surface area contributed by atoms with Crippen molar-refractivity contribution in [1.29, 1.82) is 5.26 Å². The Morgan fingerprint density at radius 2 is 1.83 bits per heavy atom. The molecule has 0 aromatic heterocycles. The van der Waals surface area contributed by atoms with E-state index in [1.165, 1.54) is 0 Å². The van der Waals surface area contributed by atoms with E-state index in [0.29, 0.717) is 16.9 Å². The van der Waals surface area contributed by atoms with Gasteiger partial charge in [0.2, 0.25) is 5.88 Å². The summed E-state index contributed by atoms with van der Waals surface area (Å²) in [6, 6.07) is 13.8. The van der Waals surface area contributed by atoms with Crippen LogP contribution in [0.5, 0.6) is 5.75 Å². The van der Waals surface area contributed by atoms with Gasteiger partial charge in [0, 0.05) is 21.2 Å². The lowest BCUT2D eigenvalue weighted by Gasteiger charge is -2.29. The summed E-state index contributed by atoms with van der Waals surface area (Å²) < 4.78 is 16.2. The van der Waals surface area contributed by atoms with E-state index in [1.54, 1.807) is 56.5 Å². The van der Waals surface area contributed by atoms with Crippen molar-refractivity contribution in [2.24, 2.45) is 5.73 Å². The number of nitrogens with two attached hydrogens (primary N) is 1. The fourth-order valence-corrected chi connectivity index (χ4v) is 3.82. The first-order valence-electron chi connectivity index (χ1n) is 9.00. The van der Waals surface area contributed by atoms with Crippen LogP contribution in [0.1, 0.15) is 24.0 Å². The SMILES string of the molecule is CCOC(=O)C1=C(c2ccc(OC)cc2)OC(N)=C(C#N)C1c1c(Cl)cccc1Cl. The molecule has 6 nitrogen and oxygen atoms in total. The molecule has 0 radical (unpaired) electrons. The Labute approximate surface area is 184 Å². The van der Waals surface area contributed by atoms with E-state index in [4.69, 9.17) is 43.1 Å². The Bertz CT molecular complexity index is 1070. The van der Waals surface area contributed by atoms with Crippen LogP contribution in [-0.2, 0) is 14.3 Å². The molecule has 0 amide bonds. The number of rotatable bonds is 5. The monoisotopic (exact) mass is 444 g/mol. The molecular weight excluding hydrogens is 427 g/mol. The summed E-state index contributed by atoms with van der Waals surface area (Å²) in [4.78, 5) is 13.0. The molecule has 2 N–H and O–H groups in total. The van der Waals surface area contributed by atoms with E-state index >= 15 is 0 Å². The largest absolute Gasteiger partial charge is 0.497 e. The Balaban J connectivity index is 2.33. The molecule has 0 spiro atoms. The van der Waals surface area contributed by atoms with Crippen LogP contribution in [0.3, 0.4) is 0 Å². The molecule has 1 heterocycles. The fourth-order valence-electron chi connectivity index (χ4n) is 3.21. The van der Waals surface area contributed by atoms with Crippen molar-refractivity contribution in [3.05, 3.63) is 80.7 Å². The molecule has 0 saturated heterocycles. The quantitative estimate of drug-likeness (QED) is 0.666. The molecule has 2 aromatic carbocycles. The van der Waals surface area contributed by atoms with Crippen LogP contribution >= 0.6 is 23.2 Å². The third-order valence-corrected chi connectivity index (χ3v) is 5.22. The number of methoxy groups -OCH3 is 1. The molecule has 0 saturated carbocycles. The maximum absolute atomic E-state index is 13.0. The van der Waals surface area contributed by atoms with Gasteiger partial charge in [0.25, 0.3) is 0 Å².